The minimum Gasteiger partial charge on any atom is -0.493 e. The van der Waals surface area contributed by atoms with E-state index in [4.69, 9.17) is 23.7 Å². The molecule has 1 heterocycles. The van der Waals surface area contributed by atoms with Gasteiger partial charge in [0.15, 0.2) is 11.5 Å². The number of esters is 2. The lowest BCUT2D eigenvalue weighted by Crippen LogP contribution is -2.24. The molecule has 0 aliphatic carbocycles. The van der Waals surface area contributed by atoms with Crippen molar-refractivity contribution in [3.63, 3.8) is 0 Å². The van der Waals surface area contributed by atoms with Crippen molar-refractivity contribution >= 4 is 29.6 Å². The first kappa shape index (κ1) is 25.4. The van der Waals surface area contributed by atoms with Crippen LogP contribution < -0.4 is 19.1 Å². The largest absolute Gasteiger partial charge is 0.493 e. The van der Waals surface area contributed by atoms with Gasteiger partial charge in [0.25, 0.3) is 5.91 Å². The number of allylic oxidation sites excluding steroid dienone is 1. The highest BCUT2D eigenvalue weighted by Crippen LogP contribution is 2.40. The highest BCUT2D eigenvalue weighted by Gasteiger charge is 2.38. The Morgan fingerprint density at radius 2 is 1.51 bits per heavy atom. The van der Waals surface area contributed by atoms with Crippen molar-refractivity contribution in [3.05, 3.63) is 64.4 Å². The molecule has 1 aliphatic heterocycles. The summed E-state index contributed by atoms with van der Waals surface area (Å²) >= 11 is 0. The van der Waals surface area contributed by atoms with Gasteiger partial charge in [-0.3, -0.25) is 9.69 Å². The molecule has 0 atom stereocenters. The minimum absolute atomic E-state index is 0.126. The Balaban J connectivity index is 2.10. The number of benzene rings is 2. The second-order valence-electron chi connectivity index (χ2n) is 7.38. The number of carbonyl (C=O) groups is 3. The molecule has 2 aromatic rings. The first-order chi connectivity index (χ1) is 16.8. The minimum atomic E-state index is -0.653. The van der Waals surface area contributed by atoms with Crippen molar-refractivity contribution < 1.29 is 38.1 Å². The molecule has 35 heavy (non-hydrogen) atoms. The van der Waals surface area contributed by atoms with Crippen LogP contribution in [0.5, 0.6) is 17.2 Å². The van der Waals surface area contributed by atoms with Crippen LogP contribution in [0.3, 0.4) is 0 Å². The van der Waals surface area contributed by atoms with Crippen molar-refractivity contribution in [2.75, 3.05) is 39.9 Å². The number of anilines is 1. The maximum absolute atomic E-state index is 13.5. The summed E-state index contributed by atoms with van der Waals surface area (Å²) in [4.78, 5) is 39.6. The Hall–Kier alpha value is -4.27. The van der Waals surface area contributed by atoms with Gasteiger partial charge in [-0.05, 0) is 61.9 Å². The van der Waals surface area contributed by atoms with Crippen molar-refractivity contribution in [2.24, 2.45) is 0 Å². The van der Waals surface area contributed by atoms with Gasteiger partial charge in [-0.15, -0.1) is 0 Å². The Morgan fingerprint density at radius 1 is 0.914 bits per heavy atom. The maximum Gasteiger partial charge on any atom is 0.340 e. The average Bonchev–Trinajstić information content (AvgIpc) is 3.11. The molecule has 1 amide bonds. The van der Waals surface area contributed by atoms with E-state index < -0.39 is 17.8 Å². The summed E-state index contributed by atoms with van der Waals surface area (Å²) in [5.74, 6) is -0.345. The molecule has 0 fully saturated rings. The topological polar surface area (TPSA) is 101 Å². The number of carbonyl (C=O) groups excluding carboxylic acids is 3. The number of amides is 1. The van der Waals surface area contributed by atoms with Crippen LogP contribution in [0, 0.1) is 0 Å². The molecule has 0 spiro atoms. The van der Waals surface area contributed by atoms with Gasteiger partial charge < -0.3 is 23.7 Å². The van der Waals surface area contributed by atoms with Crippen molar-refractivity contribution in [1.82, 2.24) is 0 Å². The van der Waals surface area contributed by atoms with Gasteiger partial charge in [-0.2, -0.15) is 0 Å². The van der Waals surface area contributed by atoms with Crippen LogP contribution in [-0.4, -0.2) is 52.9 Å². The van der Waals surface area contributed by atoms with E-state index >= 15 is 0 Å². The molecular formula is C26H27NO8. The summed E-state index contributed by atoms with van der Waals surface area (Å²) in [5.41, 5.74) is 2.04. The molecule has 0 bridgehead atoms. The molecule has 0 saturated heterocycles. The van der Waals surface area contributed by atoms with Crippen LogP contribution in [0.25, 0.3) is 6.08 Å². The van der Waals surface area contributed by atoms with Crippen LogP contribution in [0.4, 0.5) is 5.69 Å². The van der Waals surface area contributed by atoms with Crippen molar-refractivity contribution in [1.29, 1.82) is 0 Å². The van der Waals surface area contributed by atoms with Crippen LogP contribution in [-0.2, 0) is 19.1 Å². The fraction of sp³-hybridized carbons (Fsp3) is 0.269. The Kier molecular flexibility index (Phi) is 7.80. The summed E-state index contributed by atoms with van der Waals surface area (Å²) in [6.07, 6.45) is 1.57. The number of methoxy groups -OCH3 is 4. The molecule has 0 radical (unpaired) electrons. The monoisotopic (exact) mass is 481 g/mol. The SMILES string of the molecule is CCOC(=O)c1ccc(N2C(=O)/C(=C\c3cc(OC)c(OC)c(OC)c3)C(C(=O)OC)=C2C)cc1. The van der Waals surface area contributed by atoms with Crippen molar-refractivity contribution in [3.8, 4) is 17.2 Å². The van der Waals surface area contributed by atoms with Crippen molar-refractivity contribution in [2.45, 2.75) is 13.8 Å². The van der Waals surface area contributed by atoms with Gasteiger partial charge in [-0.1, -0.05) is 0 Å². The van der Waals surface area contributed by atoms with Crippen LogP contribution in [0.1, 0.15) is 29.8 Å². The summed E-state index contributed by atoms with van der Waals surface area (Å²) < 4.78 is 26.1. The zero-order valence-corrected chi connectivity index (χ0v) is 20.5. The molecule has 9 nitrogen and oxygen atoms in total. The van der Waals surface area contributed by atoms with Gasteiger partial charge in [-0.25, -0.2) is 9.59 Å². The second kappa shape index (κ2) is 10.8. The molecule has 0 aromatic heterocycles. The molecule has 184 valence electrons. The third-order valence-corrected chi connectivity index (χ3v) is 5.42. The summed E-state index contributed by atoms with van der Waals surface area (Å²) in [5, 5.41) is 0. The highest BCUT2D eigenvalue weighted by atomic mass is 16.5. The normalized spacial score (nSPS) is 14.3. The molecule has 1 aliphatic rings. The maximum atomic E-state index is 13.5. The van der Waals surface area contributed by atoms with Crippen LogP contribution >= 0.6 is 0 Å². The van der Waals surface area contributed by atoms with Gasteiger partial charge >= 0.3 is 11.9 Å². The Morgan fingerprint density at radius 3 is 2.00 bits per heavy atom. The number of ether oxygens (including phenoxy) is 5. The molecule has 2 aromatic carbocycles. The smallest absolute Gasteiger partial charge is 0.340 e. The first-order valence-electron chi connectivity index (χ1n) is 10.7. The third-order valence-electron chi connectivity index (χ3n) is 5.42. The van der Waals surface area contributed by atoms with Gasteiger partial charge in [0, 0.05) is 11.4 Å². The molecular weight excluding hydrogens is 454 g/mol. The van der Waals surface area contributed by atoms with E-state index in [9.17, 15) is 14.4 Å². The molecule has 3 rings (SSSR count). The average molecular weight is 482 g/mol. The van der Waals surface area contributed by atoms with E-state index in [1.807, 2.05) is 0 Å². The molecule has 0 saturated carbocycles. The molecule has 0 unspecified atom stereocenters. The predicted molar refractivity (Wildman–Crippen MR) is 129 cm³/mol. The van der Waals surface area contributed by atoms with E-state index in [2.05, 4.69) is 0 Å². The molecule has 9 heteroatoms. The number of nitrogens with zero attached hydrogens (tertiary/aromatic N) is 1. The van der Waals surface area contributed by atoms with E-state index in [-0.39, 0.29) is 17.8 Å². The standard InChI is InChI=1S/C26H27NO8/c1-7-35-25(29)17-8-10-18(11-9-17)27-15(2)22(26(30)34-6)19(24(27)28)12-16-13-20(31-3)23(33-5)21(14-16)32-4/h8-14H,7H2,1-6H3/b19-12-. The zero-order chi connectivity index (χ0) is 25.7. The van der Waals surface area contributed by atoms with Gasteiger partial charge in [0.2, 0.25) is 5.75 Å². The number of hydrogen-bond donors (Lipinski definition) is 0. The lowest BCUT2D eigenvalue weighted by atomic mass is 10.0. The Labute approximate surface area is 203 Å². The lowest BCUT2D eigenvalue weighted by molar-refractivity contribution is -0.136. The fourth-order valence-electron chi connectivity index (χ4n) is 3.80. The number of hydrogen-bond acceptors (Lipinski definition) is 8. The predicted octanol–water partition coefficient (Wildman–Crippen LogP) is 3.77. The summed E-state index contributed by atoms with van der Waals surface area (Å²) in [6.45, 7) is 3.63. The van der Waals surface area contributed by atoms with E-state index in [0.717, 1.165) is 0 Å². The highest BCUT2D eigenvalue weighted by molar-refractivity contribution is 6.23. The number of rotatable bonds is 8. The van der Waals surface area contributed by atoms with Crippen LogP contribution in [0.15, 0.2) is 53.2 Å². The van der Waals surface area contributed by atoms with Gasteiger partial charge in [0.1, 0.15) is 0 Å². The van der Waals surface area contributed by atoms with E-state index in [1.165, 1.54) is 33.3 Å². The fourth-order valence-corrected chi connectivity index (χ4v) is 3.80. The quantitative estimate of drug-likeness (QED) is 0.415. The van der Waals surface area contributed by atoms with E-state index in [0.29, 0.717) is 39.8 Å². The first-order valence-corrected chi connectivity index (χ1v) is 10.7. The van der Waals surface area contributed by atoms with Crippen LogP contribution in [0.2, 0.25) is 0 Å². The lowest BCUT2D eigenvalue weighted by Gasteiger charge is -2.18. The summed E-state index contributed by atoms with van der Waals surface area (Å²) in [7, 11) is 5.72. The zero-order valence-electron chi connectivity index (χ0n) is 20.5. The molecule has 0 N–H and O–H groups in total. The van der Waals surface area contributed by atoms with E-state index in [1.54, 1.807) is 56.3 Å². The second-order valence-corrected chi connectivity index (χ2v) is 7.38. The third kappa shape index (κ3) is 4.84. The summed E-state index contributed by atoms with van der Waals surface area (Å²) in [6, 6.07) is 9.69. The Bertz CT molecular complexity index is 1190. The van der Waals surface area contributed by atoms with Gasteiger partial charge in [0.05, 0.1) is 51.8 Å².